The molecule has 8 heterocycles. The lowest BCUT2D eigenvalue weighted by molar-refractivity contribution is 0.631. The first-order valence-electron chi connectivity index (χ1n) is 26.2. The average molecular weight is 912 g/mol. The predicted octanol–water partition coefficient (Wildman–Crippen LogP) is 17.0. The number of hydrogen-bond donors (Lipinski definition) is 2. The van der Waals surface area contributed by atoms with Crippen LogP contribution in [0.3, 0.4) is 0 Å². The second kappa shape index (κ2) is 23.5. The van der Waals surface area contributed by atoms with Gasteiger partial charge in [0.25, 0.3) is 0 Å². The van der Waals surface area contributed by atoms with E-state index in [1.54, 1.807) is 6.20 Å². The lowest BCUT2D eigenvalue weighted by atomic mass is 9.98. The van der Waals surface area contributed by atoms with E-state index in [-0.39, 0.29) is 0 Å². The van der Waals surface area contributed by atoms with Crippen molar-refractivity contribution < 1.29 is 0 Å². The summed E-state index contributed by atoms with van der Waals surface area (Å²) in [4.78, 5) is 33.4. The third-order valence-corrected chi connectivity index (χ3v) is 13.9. The molecule has 9 rings (SSSR count). The van der Waals surface area contributed by atoms with Crippen molar-refractivity contribution >= 4 is 46.4 Å². The number of fused-ring (bicyclic) bond motifs is 8. The number of aromatic nitrogens is 7. The molecule has 7 nitrogen and oxygen atoms in total. The fourth-order valence-corrected chi connectivity index (χ4v) is 10.00. The number of aromatic amines is 2. The van der Waals surface area contributed by atoms with E-state index in [1.165, 1.54) is 99.3 Å². The van der Waals surface area contributed by atoms with E-state index < -0.39 is 0 Å². The van der Waals surface area contributed by atoms with Crippen molar-refractivity contribution in [2.24, 2.45) is 0 Å². The van der Waals surface area contributed by atoms with Crippen LogP contribution in [0, 0.1) is 0 Å². The fraction of sp³-hybridized carbons (Fsp3) is 0.339. The molecule has 352 valence electrons. The van der Waals surface area contributed by atoms with Gasteiger partial charge < -0.3 is 9.97 Å². The standard InChI is InChI=1S/C62H69N7/c1-4-7-10-13-16-25-47-50-33-35-52(65-50)48(26-17-14-11-8-5-2)54-37-39-60(67-54)62(61-40-38-55(68-61)49(27-18-15-12-9-6-3)53-36-34-51(47)66-53)45-24-21-23-44(42-45)46-31-32-57(64-43-46)59-30-22-29-58(69-59)56-28-19-20-41-63-56/h19-24,28-43,65,68H,4-18,25-27H2,1-3H3. The van der Waals surface area contributed by atoms with Crippen molar-refractivity contribution in [1.29, 1.82) is 0 Å². The number of nitrogens with one attached hydrogen (secondary N) is 2. The van der Waals surface area contributed by atoms with Gasteiger partial charge in [-0.25, -0.2) is 15.0 Å². The maximum Gasteiger partial charge on any atom is 0.0894 e. The highest BCUT2D eigenvalue weighted by molar-refractivity contribution is 5.93. The van der Waals surface area contributed by atoms with Crippen LogP contribution in [0.4, 0.5) is 0 Å². The third-order valence-electron chi connectivity index (χ3n) is 13.9. The molecule has 69 heavy (non-hydrogen) atoms. The van der Waals surface area contributed by atoms with Crippen LogP contribution in [-0.2, 0) is 19.3 Å². The minimum Gasteiger partial charge on any atom is -0.355 e. The zero-order chi connectivity index (χ0) is 47.2. The minimum absolute atomic E-state index is 0.815. The summed E-state index contributed by atoms with van der Waals surface area (Å²) in [6, 6.07) is 34.1. The molecule has 0 spiro atoms. The van der Waals surface area contributed by atoms with E-state index in [1.807, 2.05) is 42.6 Å². The first kappa shape index (κ1) is 47.3. The zero-order valence-corrected chi connectivity index (χ0v) is 41.2. The molecular formula is C62H69N7. The van der Waals surface area contributed by atoms with E-state index in [4.69, 9.17) is 19.9 Å². The number of hydrogen-bond acceptors (Lipinski definition) is 5. The van der Waals surface area contributed by atoms with Gasteiger partial charge in [0.1, 0.15) is 0 Å². The molecule has 1 aromatic carbocycles. The first-order valence-corrected chi connectivity index (χ1v) is 26.2. The van der Waals surface area contributed by atoms with Crippen LogP contribution in [0.15, 0.2) is 109 Å². The number of nitrogens with zero attached hydrogens (tertiary/aromatic N) is 5. The first-order chi connectivity index (χ1) is 34.1. The highest BCUT2D eigenvalue weighted by Crippen LogP contribution is 2.35. The monoisotopic (exact) mass is 912 g/mol. The van der Waals surface area contributed by atoms with Gasteiger partial charge in [-0.15, -0.1) is 0 Å². The van der Waals surface area contributed by atoms with Gasteiger partial charge in [-0.2, -0.15) is 0 Å². The summed E-state index contributed by atoms with van der Waals surface area (Å²) >= 11 is 0. The van der Waals surface area contributed by atoms with E-state index in [0.717, 1.165) is 123 Å². The van der Waals surface area contributed by atoms with Gasteiger partial charge >= 0.3 is 0 Å². The lowest BCUT2D eigenvalue weighted by Crippen LogP contribution is -1.95. The third kappa shape index (κ3) is 11.6. The van der Waals surface area contributed by atoms with Crippen molar-refractivity contribution in [3.8, 4) is 45.0 Å². The number of benzene rings is 1. The van der Waals surface area contributed by atoms with E-state index in [9.17, 15) is 0 Å². The molecule has 0 atom stereocenters. The Morgan fingerprint density at radius 1 is 0.362 bits per heavy atom. The largest absolute Gasteiger partial charge is 0.355 e. The average Bonchev–Trinajstić information content (AvgIpc) is 4.25. The highest BCUT2D eigenvalue weighted by atomic mass is 14.8. The number of unbranched alkanes of at least 4 members (excludes halogenated alkanes) is 12. The van der Waals surface area contributed by atoms with Gasteiger partial charge in [0.2, 0.25) is 0 Å². The molecule has 8 bridgehead atoms. The predicted molar refractivity (Wildman–Crippen MR) is 291 cm³/mol. The zero-order valence-electron chi connectivity index (χ0n) is 41.2. The summed E-state index contributed by atoms with van der Waals surface area (Å²) in [5, 5.41) is 0. The summed E-state index contributed by atoms with van der Waals surface area (Å²) in [6.07, 6.45) is 34.1. The number of H-pyrrole nitrogens is 2. The molecule has 7 heteroatoms. The van der Waals surface area contributed by atoms with Crippen molar-refractivity contribution in [3.05, 3.63) is 149 Å². The van der Waals surface area contributed by atoms with Crippen LogP contribution < -0.4 is 0 Å². The minimum atomic E-state index is 0.815. The molecule has 0 amide bonds. The summed E-state index contributed by atoms with van der Waals surface area (Å²) in [6.45, 7) is 6.86. The molecule has 0 unspecified atom stereocenters. The van der Waals surface area contributed by atoms with Crippen LogP contribution in [0.5, 0.6) is 0 Å². The SMILES string of the molecule is CCCCCCCc1c2nc(c(CCCCCCC)c3ccc([nH]3)c(-c3cccc(-c4ccc(-c5cccc(-c6ccccn6)n5)nc4)c3)c3nc(c(CCCCCCC)c4ccc1[nH]4)C=C3)C=C2. The Kier molecular flexibility index (Phi) is 16.1. The van der Waals surface area contributed by atoms with Crippen LogP contribution in [0.1, 0.15) is 157 Å². The molecule has 0 aliphatic carbocycles. The van der Waals surface area contributed by atoms with Gasteiger partial charge in [0.15, 0.2) is 0 Å². The Balaban J connectivity index is 1.18. The Morgan fingerprint density at radius 3 is 1.38 bits per heavy atom. The number of aryl methyl sites for hydroxylation is 3. The molecule has 2 N–H and O–H groups in total. The van der Waals surface area contributed by atoms with Crippen molar-refractivity contribution in [2.45, 2.75) is 136 Å². The van der Waals surface area contributed by atoms with Gasteiger partial charge in [0.05, 0.1) is 45.6 Å². The van der Waals surface area contributed by atoms with Crippen LogP contribution in [0.2, 0.25) is 0 Å². The molecule has 0 fully saturated rings. The quantitative estimate of drug-likeness (QED) is 0.0660. The number of rotatable bonds is 22. The molecule has 0 saturated heterocycles. The smallest absolute Gasteiger partial charge is 0.0894 e. The summed E-state index contributed by atoms with van der Waals surface area (Å²) in [5.41, 5.74) is 20.1. The molecule has 7 aromatic rings. The summed E-state index contributed by atoms with van der Waals surface area (Å²) in [7, 11) is 0. The van der Waals surface area contributed by atoms with Crippen molar-refractivity contribution in [2.75, 3.05) is 0 Å². The highest BCUT2D eigenvalue weighted by Gasteiger charge is 2.18. The van der Waals surface area contributed by atoms with Crippen molar-refractivity contribution in [3.63, 3.8) is 0 Å². The molecule has 6 aromatic heterocycles. The fourth-order valence-electron chi connectivity index (χ4n) is 10.00. The van der Waals surface area contributed by atoms with Crippen LogP contribution in [-0.4, -0.2) is 34.9 Å². The Labute approximate surface area is 409 Å². The van der Waals surface area contributed by atoms with E-state index >= 15 is 0 Å². The van der Waals surface area contributed by atoms with E-state index in [0.29, 0.717) is 0 Å². The second-order valence-electron chi connectivity index (χ2n) is 18.9. The molecule has 0 radical (unpaired) electrons. The Morgan fingerprint density at radius 2 is 0.841 bits per heavy atom. The van der Waals surface area contributed by atoms with Gasteiger partial charge in [0, 0.05) is 62.3 Å². The Bertz CT molecular complexity index is 3030. The second-order valence-corrected chi connectivity index (χ2v) is 18.9. The van der Waals surface area contributed by atoms with E-state index in [2.05, 4.69) is 121 Å². The molecule has 0 saturated carbocycles. The van der Waals surface area contributed by atoms with Crippen LogP contribution >= 0.6 is 0 Å². The van der Waals surface area contributed by atoms with Crippen LogP contribution in [0.25, 0.3) is 91.4 Å². The molecular weight excluding hydrogens is 843 g/mol. The normalized spacial score (nSPS) is 12.0. The lowest BCUT2D eigenvalue weighted by Gasteiger charge is -2.09. The maximum atomic E-state index is 5.58. The maximum absolute atomic E-state index is 5.58. The van der Waals surface area contributed by atoms with Gasteiger partial charge in [-0.1, -0.05) is 134 Å². The van der Waals surface area contributed by atoms with Gasteiger partial charge in [-0.05, 0) is 135 Å². The molecule has 2 aliphatic heterocycles. The van der Waals surface area contributed by atoms with Gasteiger partial charge in [-0.3, -0.25) is 9.97 Å². The van der Waals surface area contributed by atoms with Crippen molar-refractivity contribution in [1.82, 2.24) is 34.9 Å². The topological polar surface area (TPSA) is 96.0 Å². The Hall–Kier alpha value is -6.73. The summed E-state index contributed by atoms with van der Waals surface area (Å²) < 4.78 is 0. The number of pyridine rings is 3. The molecule has 2 aliphatic rings. The summed E-state index contributed by atoms with van der Waals surface area (Å²) in [5.74, 6) is 0.